The van der Waals surface area contributed by atoms with Gasteiger partial charge in [0.05, 0.1) is 18.1 Å². The minimum absolute atomic E-state index is 0.0853. The van der Waals surface area contributed by atoms with Gasteiger partial charge in [0, 0.05) is 17.4 Å². The Kier molecular flexibility index (Phi) is 11.2. The van der Waals surface area contributed by atoms with Crippen LogP contribution >= 0.6 is 38.5 Å². The number of ether oxygens (including phenoxy) is 2. The summed E-state index contributed by atoms with van der Waals surface area (Å²) in [5, 5.41) is 5.44. The molecule has 2 saturated carbocycles. The molecule has 0 radical (unpaired) electrons. The molecule has 1 saturated heterocycles. The van der Waals surface area contributed by atoms with Crippen molar-refractivity contribution in [1.82, 2.24) is 15.5 Å². The van der Waals surface area contributed by atoms with E-state index in [-0.39, 0.29) is 30.4 Å². The van der Waals surface area contributed by atoms with E-state index in [9.17, 15) is 27.6 Å². The highest BCUT2D eigenvalue weighted by molar-refractivity contribution is 14.1. The second-order valence-electron chi connectivity index (χ2n) is 13.1. The molecule has 0 aromatic heterocycles. The standard InChI is InChI=1S/C30H41BrIN3O9S/c1-6-11-30(32,27(38)42-5)34-25(36)23-15-21(44-45(40,41)22-9-7-19(31)8-10-22)16-35(23)26(37)24(29(2,3)4)33-28(39)43-20-13-17-12-18(17)14-20/h7-10,17-18,20-21,23-24H,6,11-16H2,1-5H3,(H,33,39)(H,34,36)/t17-,18?,20?,21-,23-,24+,30+/m0/s1. The van der Waals surface area contributed by atoms with Gasteiger partial charge in [-0.2, -0.15) is 8.42 Å². The van der Waals surface area contributed by atoms with E-state index in [1.165, 1.54) is 24.1 Å². The van der Waals surface area contributed by atoms with Gasteiger partial charge in [-0.3, -0.25) is 13.8 Å². The topological polar surface area (TPSA) is 157 Å². The van der Waals surface area contributed by atoms with Gasteiger partial charge in [-0.15, -0.1) is 0 Å². The number of likely N-dealkylation sites (tertiary alicyclic amines) is 1. The predicted octanol–water partition coefficient (Wildman–Crippen LogP) is 4.28. The summed E-state index contributed by atoms with van der Waals surface area (Å²) in [5.74, 6) is -0.751. The number of rotatable bonds is 11. The van der Waals surface area contributed by atoms with E-state index in [4.69, 9.17) is 13.7 Å². The molecule has 3 aliphatic rings. The van der Waals surface area contributed by atoms with Crippen LogP contribution in [0.15, 0.2) is 33.6 Å². The highest BCUT2D eigenvalue weighted by atomic mass is 127. The maximum atomic E-state index is 14.2. The molecule has 45 heavy (non-hydrogen) atoms. The van der Waals surface area contributed by atoms with E-state index in [0.29, 0.717) is 22.7 Å². The fourth-order valence-electron chi connectivity index (χ4n) is 6.07. The van der Waals surface area contributed by atoms with Gasteiger partial charge in [0.1, 0.15) is 18.2 Å². The summed E-state index contributed by atoms with van der Waals surface area (Å²) in [7, 11) is -3.04. The Hall–Kier alpha value is -1.98. The lowest BCUT2D eigenvalue weighted by Crippen LogP contribution is -2.60. The zero-order valence-electron chi connectivity index (χ0n) is 26.0. The van der Waals surface area contributed by atoms with E-state index in [1.54, 1.807) is 32.9 Å². The molecule has 0 spiro atoms. The highest BCUT2D eigenvalue weighted by Gasteiger charge is 2.50. The smallest absolute Gasteiger partial charge is 0.408 e. The Morgan fingerprint density at radius 3 is 2.22 bits per heavy atom. The number of carbonyl (C=O) groups is 4. The Labute approximate surface area is 286 Å². The number of nitrogens with zero attached hydrogens (tertiary/aromatic N) is 1. The first kappa shape index (κ1) is 35.9. The largest absolute Gasteiger partial charge is 0.467 e. The molecule has 2 unspecified atom stereocenters. The number of hydrogen-bond acceptors (Lipinski definition) is 9. The summed E-state index contributed by atoms with van der Waals surface area (Å²) in [6.07, 6.45) is 1.41. The Morgan fingerprint density at radius 1 is 1.04 bits per heavy atom. The van der Waals surface area contributed by atoms with Crippen LogP contribution in [-0.2, 0) is 38.2 Å². The summed E-state index contributed by atoms with van der Waals surface area (Å²) in [6, 6.07) is 3.56. The second-order valence-corrected chi connectivity index (χ2v) is 17.4. The van der Waals surface area contributed by atoms with Crippen LogP contribution in [-0.4, -0.2) is 78.7 Å². The van der Waals surface area contributed by atoms with Gasteiger partial charge >= 0.3 is 12.1 Å². The van der Waals surface area contributed by atoms with Crippen molar-refractivity contribution in [3.63, 3.8) is 0 Å². The van der Waals surface area contributed by atoms with Gasteiger partial charge in [-0.1, -0.05) is 50.0 Å². The summed E-state index contributed by atoms with van der Waals surface area (Å²) < 4.78 is 41.7. The molecule has 250 valence electrons. The molecular formula is C30H41BrIN3O9S. The first-order chi connectivity index (χ1) is 21.0. The maximum Gasteiger partial charge on any atom is 0.408 e. The number of methoxy groups -OCH3 is 1. The third-order valence-corrected chi connectivity index (χ3v) is 11.6. The van der Waals surface area contributed by atoms with Crippen LogP contribution in [0.2, 0.25) is 0 Å². The van der Waals surface area contributed by atoms with Crippen LogP contribution in [0.1, 0.15) is 66.2 Å². The van der Waals surface area contributed by atoms with Crippen molar-refractivity contribution < 1.29 is 41.3 Å². The van der Waals surface area contributed by atoms with E-state index in [1.807, 2.05) is 29.5 Å². The number of alkyl carbamates (subject to hydrolysis) is 1. The molecule has 2 N–H and O–H groups in total. The van der Waals surface area contributed by atoms with E-state index >= 15 is 0 Å². The van der Waals surface area contributed by atoms with Crippen LogP contribution in [0.3, 0.4) is 0 Å². The lowest BCUT2D eigenvalue weighted by molar-refractivity contribution is -0.147. The van der Waals surface area contributed by atoms with Gasteiger partial charge in [0.15, 0.2) is 3.55 Å². The van der Waals surface area contributed by atoms with E-state index in [0.717, 1.165) is 19.3 Å². The fourth-order valence-corrected chi connectivity index (χ4v) is 8.44. The van der Waals surface area contributed by atoms with Crippen LogP contribution in [0.25, 0.3) is 0 Å². The monoisotopic (exact) mass is 825 g/mol. The molecule has 12 nitrogen and oxygen atoms in total. The van der Waals surface area contributed by atoms with Crippen molar-refractivity contribution in [2.45, 2.75) is 99.0 Å². The zero-order valence-corrected chi connectivity index (χ0v) is 30.6. The summed E-state index contributed by atoms with van der Waals surface area (Å²) in [4.78, 5) is 54.8. The Bertz CT molecular complexity index is 1390. The third kappa shape index (κ3) is 8.69. The minimum atomic E-state index is -4.26. The molecule has 1 aliphatic heterocycles. The van der Waals surface area contributed by atoms with E-state index in [2.05, 4.69) is 26.6 Å². The normalized spacial score (nSPS) is 26.3. The molecule has 3 fully saturated rings. The number of esters is 1. The van der Waals surface area contributed by atoms with Crippen molar-refractivity contribution in [2.24, 2.45) is 17.3 Å². The lowest BCUT2D eigenvalue weighted by atomic mass is 9.85. The Morgan fingerprint density at radius 2 is 1.67 bits per heavy atom. The van der Waals surface area contributed by atoms with Gasteiger partial charge in [0.2, 0.25) is 11.8 Å². The van der Waals surface area contributed by atoms with Crippen molar-refractivity contribution >= 4 is 72.5 Å². The summed E-state index contributed by atoms with van der Waals surface area (Å²) in [6.45, 7) is 6.91. The van der Waals surface area contributed by atoms with Gasteiger partial charge in [0.25, 0.3) is 10.1 Å². The fraction of sp³-hybridized carbons (Fsp3) is 0.667. The number of alkyl halides is 1. The number of halogens is 2. The molecule has 3 amide bonds. The van der Waals surface area contributed by atoms with Crippen molar-refractivity contribution in [1.29, 1.82) is 0 Å². The first-order valence-corrected chi connectivity index (χ1v) is 18.3. The zero-order chi connectivity index (χ0) is 33.3. The number of hydrogen-bond donors (Lipinski definition) is 2. The number of carbonyl (C=O) groups excluding carboxylic acids is 4. The number of fused-ring (bicyclic) bond motifs is 1. The SMILES string of the molecule is CCC[C@@](I)(NC(=O)[C@@H]1C[C@H](OS(=O)(=O)c2ccc(Br)cc2)CN1C(=O)[C@@H](NC(=O)OC1CC2C[C@H]2C1)C(C)(C)C)C(=O)OC. The van der Waals surface area contributed by atoms with E-state index < -0.39 is 61.1 Å². The first-order valence-electron chi connectivity index (χ1n) is 15.0. The van der Waals surface area contributed by atoms with Crippen molar-refractivity contribution in [3.8, 4) is 0 Å². The molecule has 15 heteroatoms. The van der Waals surface area contributed by atoms with Crippen LogP contribution in [0.5, 0.6) is 0 Å². The predicted molar refractivity (Wildman–Crippen MR) is 176 cm³/mol. The molecule has 2 aliphatic carbocycles. The summed E-state index contributed by atoms with van der Waals surface area (Å²) in [5.41, 5.74) is -0.807. The van der Waals surface area contributed by atoms with Crippen LogP contribution < -0.4 is 10.6 Å². The van der Waals surface area contributed by atoms with Crippen LogP contribution in [0, 0.1) is 17.3 Å². The van der Waals surface area contributed by atoms with Gasteiger partial charge < -0.3 is 25.0 Å². The number of benzene rings is 1. The lowest BCUT2D eigenvalue weighted by Gasteiger charge is -2.36. The van der Waals surface area contributed by atoms with Gasteiger partial charge in [-0.25, -0.2) is 9.59 Å². The average Bonchev–Trinajstić information content (AvgIpc) is 3.34. The van der Waals surface area contributed by atoms with Gasteiger partial charge in [-0.05, 0) is 89.8 Å². The molecule has 1 heterocycles. The second kappa shape index (κ2) is 14.0. The molecule has 0 bridgehead atoms. The number of nitrogens with one attached hydrogen (secondary N) is 2. The molecule has 7 atom stereocenters. The molecule has 1 aromatic carbocycles. The Balaban J connectivity index is 1.58. The van der Waals surface area contributed by atoms with Crippen molar-refractivity contribution in [3.05, 3.63) is 28.7 Å². The highest BCUT2D eigenvalue weighted by Crippen LogP contribution is 2.52. The average molecular weight is 827 g/mol. The summed E-state index contributed by atoms with van der Waals surface area (Å²) >= 11 is 5.10. The van der Waals surface area contributed by atoms with Crippen LogP contribution in [0.4, 0.5) is 4.79 Å². The molecular weight excluding hydrogens is 785 g/mol. The maximum absolute atomic E-state index is 14.2. The van der Waals surface area contributed by atoms with Crippen molar-refractivity contribution in [2.75, 3.05) is 13.7 Å². The molecule has 4 rings (SSSR count). The molecule has 1 aromatic rings. The minimum Gasteiger partial charge on any atom is -0.467 e. The quantitative estimate of drug-likeness (QED) is 0.109. The third-order valence-electron chi connectivity index (χ3n) is 8.49. The number of amides is 3.